The second kappa shape index (κ2) is 10.3. The number of hydrogen-bond donors (Lipinski definition) is 3. The van der Waals surface area contributed by atoms with Crippen LogP contribution in [0, 0.1) is 46.3 Å². The van der Waals surface area contributed by atoms with Crippen molar-refractivity contribution in [3.8, 4) is 0 Å². The lowest BCUT2D eigenvalue weighted by atomic mass is 9.43. The van der Waals surface area contributed by atoms with Gasteiger partial charge in [0.2, 0.25) is 5.91 Å². The average molecular weight is 595 g/mol. The molecular weight excluding hydrogens is 550 g/mol. The second-order valence-electron chi connectivity index (χ2n) is 13.2. The first-order valence-electron chi connectivity index (χ1n) is 14.4. The molecule has 0 aromatic carbocycles. The third kappa shape index (κ3) is 4.68. The van der Waals surface area contributed by atoms with E-state index in [0.29, 0.717) is 37.0 Å². The molecule has 1 aromatic heterocycles. The van der Waals surface area contributed by atoms with E-state index < -0.39 is 12.2 Å². The zero-order valence-electron chi connectivity index (χ0n) is 22.7. The van der Waals surface area contributed by atoms with Crippen molar-refractivity contribution in [2.24, 2.45) is 46.3 Å². The van der Waals surface area contributed by atoms with E-state index in [4.69, 9.17) is 0 Å². The van der Waals surface area contributed by atoms with Gasteiger partial charge in [0.15, 0.2) is 0 Å². The van der Waals surface area contributed by atoms with E-state index in [-0.39, 0.29) is 46.3 Å². The second-order valence-corrected chi connectivity index (χ2v) is 15.7. The third-order valence-electron chi connectivity index (χ3n) is 11.5. The monoisotopic (exact) mass is 593 g/mol. The van der Waals surface area contributed by atoms with Crippen LogP contribution < -0.4 is 5.32 Å². The number of hydrogen-bond acceptors (Lipinski definition) is 5. The van der Waals surface area contributed by atoms with Gasteiger partial charge in [-0.05, 0) is 113 Å². The number of Topliss-reactive ketones (excluding diaryl/α,β-unsaturated/α-hetero) is 1. The molecular formula is C30H44BrNO4S. The van der Waals surface area contributed by atoms with Crippen LogP contribution in [0.15, 0.2) is 15.9 Å². The van der Waals surface area contributed by atoms with Crippen molar-refractivity contribution < 1.29 is 19.8 Å². The predicted octanol–water partition coefficient (Wildman–Crippen LogP) is 6.27. The highest BCUT2D eigenvalue weighted by Gasteiger charge is 2.65. The highest BCUT2D eigenvalue weighted by Crippen LogP contribution is 2.68. The predicted molar refractivity (Wildman–Crippen MR) is 150 cm³/mol. The van der Waals surface area contributed by atoms with Crippen molar-refractivity contribution in [2.45, 2.75) is 104 Å². The molecule has 0 aliphatic heterocycles. The van der Waals surface area contributed by atoms with Crippen LogP contribution in [0.1, 0.15) is 96.4 Å². The molecule has 1 amide bonds. The van der Waals surface area contributed by atoms with Gasteiger partial charge in [0.25, 0.3) is 0 Å². The number of amides is 1. The summed E-state index contributed by atoms with van der Waals surface area (Å²) in [6.07, 6.45) is 5.96. The molecule has 1 unspecified atom stereocenters. The van der Waals surface area contributed by atoms with Crippen molar-refractivity contribution in [2.75, 3.05) is 0 Å². The molecule has 0 radical (unpaired) electrons. The number of aliphatic hydroxyl groups is 2. The summed E-state index contributed by atoms with van der Waals surface area (Å²) in [5, 5.41) is 26.0. The minimum absolute atomic E-state index is 0.0493. The Morgan fingerprint density at radius 2 is 1.84 bits per heavy atom. The quantitative estimate of drug-likeness (QED) is 0.362. The van der Waals surface area contributed by atoms with E-state index in [1.54, 1.807) is 11.3 Å². The fourth-order valence-electron chi connectivity index (χ4n) is 9.61. The van der Waals surface area contributed by atoms with E-state index in [1.807, 2.05) is 6.07 Å². The van der Waals surface area contributed by atoms with Gasteiger partial charge in [0, 0.05) is 24.1 Å². The molecule has 1 heterocycles. The Morgan fingerprint density at radius 3 is 2.51 bits per heavy atom. The molecule has 0 bridgehead atoms. The van der Waals surface area contributed by atoms with Crippen molar-refractivity contribution in [3.05, 3.63) is 20.8 Å². The Morgan fingerprint density at radius 1 is 1.11 bits per heavy atom. The number of carbonyl (C=O) groups is 2. The van der Waals surface area contributed by atoms with Gasteiger partial charge in [0.1, 0.15) is 5.78 Å². The molecule has 5 nitrogen and oxygen atoms in total. The van der Waals surface area contributed by atoms with E-state index in [2.05, 4.69) is 55.0 Å². The Kier molecular flexibility index (Phi) is 7.76. The van der Waals surface area contributed by atoms with Crippen LogP contribution in [-0.2, 0) is 9.59 Å². The molecule has 4 aliphatic carbocycles. The molecule has 4 aliphatic rings. The molecule has 0 saturated heterocycles. The fourth-order valence-corrected chi connectivity index (χ4v) is 11.2. The first kappa shape index (κ1) is 27.8. The SMILES string of the molecule is CC[C@@H](NC(=O)C[C@@H](C)C1CC[C@H]2[C@@H]3[C@H](O)[C@H](O)[C@@H]4CC(=O)CC[C@]4(C)[C@H]3CC[C@]12C)c1ccc(Br)s1. The van der Waals surface area contributed by atoms with Crippen LogP contribution in [0.5, 0.6) is 0 Å². The first-order valence-corrected chi connectivity index (χ1v) is 16.0. The van der Waals surface area contributed by atoms with Crippen molar-refractivity contribution >= 4 is 39.0 Å². The third-order valence-corrected chi connectivity index (χ3v) is 13.3. The van der Waals surface area contributed by atoms with Crippen LogP contribution >= 0.6 is 27.3 Å². The van der Waals surface area contributed by atoms with Crippen molar-refractivity contribution in [1.82, 2.24) is 5.32 Å². The summed E-state index contributed by atoms with van der Waals surface area (Å²) in [6, 6.07) is 4.18. The summed E-state index contributed by atoms with van der Waals surface area (Å²) in [4.78, 5) is 26.6. The fraction of sp³-hybridized carbons (Fsp3) is 0.800. The summed E-state index contributed by atoms with van der Waals surface area (Å²) in [5.41, 5.74) is -0.00782. The Balaban J connectivity index is 1.29. The van der Waals surface area contributed by atoms with Gasteiger partial charge in [0.05, 0.1) is 22.0 Å². The molecule has 37 heavy (non-hydrogen) atoms. The Bertz CT molecular complexity index is 1030. The summed E-state index contributed by atoms with van der Waals surface area (Å²) in [7, 11) is 0. The van der Waals surface area contributed by atoms with E-state index in [9.17, 15) is 19.8 Å². The lowest BCUT2D eigenvalue weighted by Gasteiger charge is -2.63. The van der Waals surface area contributed by atoms with Gasteiger partial charge in [-0.3, -0.25) is 9.59 Å². The van der Waals surface area contributed by atoms with Gasteiger partial charge in [-0.1, -0.05) is 27.7 Å². The van der Waals surface area contributed by atoms with Gasteiger partial charge in [-0.15, -0.1) is 11.3 Å². The van der Waals surface area contributed by atoms with Crippen LogP contribution in [0.3, 0.4) is 0 Å². The number of ketones is 1. The number of fused-ring (bicyclic) bond motifs is 5. The zero-order chi connectivity index (χ0) is 26.7. The molecule has 7 heteroatoms. The minimum atomic E-state index is -0.816. The molecule has 0 spiro atoms. The first-order chi connectivity index (χ1) is 17.5. The maximum absolute atomic E-state index is 13.2. The van der Waals surface area contributed by atoms with Crippen molar-refractivity contribution in [1.29, 1.82) is 0 Å². The van der Waals surface area contributed by atoms with Crippen LogP contribution in [0.25, 0.3) is 0 Å². The molecule has 11 atom stereocenters. The molecule has 5 rings (SSSR count). The molecule has 4 fully saturated rings. The summed E-state index contributed by atoms with van der Waals surface area (Å²) in [6.45, 7) is 9.04. The number of halogens is 1. The van der Waals surface area contributed by atoms with Crippen LogP contribution in [0.2, 0.25) is 0 Å². The van der Waals surface area contributed by atoms with Gasteiger partial charge >= 0.3 is 0 Å². The molecule has 4 saturated carbocycles. The topological polar surface area (TPSA) is 86.6 Å². The number of thiophene rings is 1. The summed E-state index contributed by atoms with van der Waals surface area (Å²) >= 11 is 5.21. The number of carbonyl (C=O) groups excluding carboxylic acids is 2. The standard InChI is InChI=1S/C30H44BrNO4S/c1-5-22(23-8-9-24(31)37-23)32-25(34)14-16(2)18-6-7-19-26-20(11-13-29(18,19)3)30(4)12-10-17(33)15-21(30)27(35)28(26)36/h8-9,16,18-22,26-28,35-36H,5-7,10-15H2,1-4H3,(H,32,34)/t16-,18?,19+,20+,21+,22-,26+,27-,28+,29-,30-/m1/s1. The van der Waals surface area contributed by atoms with Gasteiger partial charge in [-0.2, -0.15) is 0 Å². The highest BCUT2D eigenvalue weighted by molar-refractivity contribution is 9.11. The Hall–Kier alpha value is -0.760. The van der Waals surface area contributed by atoms with Gasteiger partial charge < -0.3 is 15.5 Å². The largest absolute Gasteiger partial charge is 0.390 e. The Labute approximate surface area is 234 Å². The maximum atomic E-state index is 13.2. The number of aliphatic hydroxyl groups excluding tert-OH is 2. The average Bonchev–Trinajstić information content (AvgIpc) is 3.44. The van der Waals surface area contributed by atoms with E-state index >= 15 is 0 Å². The van der Waals surface area contributed by atoms with Gasteiger partial charge in [-0.25, -0.2) is 0 Å². The molecule has 206 valence electrons. The van der Waals surface area contributed by atoms with Crippen LogP contribution in [-0.4, -0.2) is 34.1 Å². The number of rotatable bonds is 6. The minimum Gasteiger partial charge on any atom is -0.390 e. The van der Waals surface area contributed by atoms with E-state index in [0.717, 1.165) is 42.3 Å². The van der Waals surface area contributed by atoms with Crippen molar-refractivity contribution in [3.63, 3.8) is 0 Å². The number of nitrogens with one attached hydrogen (secondary N) is 1. The summed E-state index contributed by atoms with van der Waals surface area (Å²) in [5.74, 6) is 1.73. The van der Waals surface area contributed by atoms with E-state index in [1.165, 1.54) is 4.88 Å². The zero-order valence-corrected chi connectivity index (χ0v) is 25.1. The van der Waals surface area contributed by atoms with Crippen LogP contribution in [0.4, 0.5) is 0 Å². The molecule has 3 N–H and O–H groups in total. The summed E-state index contributed by atoms with van der Waals surface area (Å²) < 4.78 is 1.08. The smallest absolute Gasteiger partial charge is 0.220 e. The molecule has 1 aromatic rings. The lowest BCUT2D eigenvalue weighted by molar-refractivity contribution is -0.214. The highest BCUT2D eigenvalue weighted by atomic mass is 79.9. The normalized spacial score (nSPS) is 42.9. The maximum Gasteiger partial charge on any atom is 0.220 e. The lowest BCUT2D eigenvalue weighted by Crippen LogP contribution is -2.64.